The van der Waals surface area contributed by atoms with Crippen molar-refractivity contribution in [2.24, 2.45) is 17.8 Å². The topological polar surface area (TPSA) is 54.5 Å². The molecule has 5 nitrogen and oxygen atoms in total. The minimum Gasteiger partial charge on any atom is -0.494 e. The summed E-state index contributed by atoms with van der Waals surface area (Å²) in [6, 6.07) is 6.45. The van der Waals surface area contributed by atoms with Gasteiger partial charge in [-0.1, -0.05) is 38.0 Å². The summed E-state index contributed by atoms with van der Waals surface area (Å²) >= 11 is 1.72. The van der Waals surface area contributed by atoms with Gasteiger partial charge in [0.25, 0.3) is 0 Å². The third-order valence-electron chi connectivity index (χ3n) is 6.83. The molecule has 0 unspecified atom stereocenters. The van der Waals surface area contributed by atoms with E-state index in [9.17, 15) is 4.79 Å². The van der Waals surface area contributed by atoms with Crippen molar-refractivity contribution in [1.82, 2.24) is 10.3 Å². The number of fused-ring (bicyclic) bond motifs is 1. The monoisotopic (exact) mass is 415 g/mol. The van der Waals surface area contributed by atoms with Gasteiger partial charge in [0.05, 0.1) is 16.8 Å². The Hall–Kier alpha value is -1.82. The molecule has 2 aromatic rings. The van der Waals surface area contributed by atoms with Gasteiger partial charge in [-0.25, -0.2) is 4.98 Å². The first kappa shape index (κ1) is 20.5. The lowest BCUT2D eigenvalue weighted by atomic mass is 9.78. The van der Waals surface area contributed by atoms with E-state index in [4.69, 9.17) is 9.72 Å². The number of hydrogen-bond acceptors (Lipinski definition) is 5. The van der Waals surface area contributed by atoms with Gasteiger partial charge in [-0.2, -0.15) is 0 Å². The highest BCUT2D eigenvalue weighted by atomic mass is 32.1. The van der Waals surface area contributed by atoms with E-state index in [1.165, 1.54) is 12.8 Å². The number of aromatic nitrogens is 1. The minimum absolute atomic E-state index is 0.134. The van der Waals surface area contributed by atoms with Crippen LogP contribution in [-0.2, 0) is 4.79 Å². The van der Waals surface area contributed by atoms with Crippen LogP contribution in [0.1, 0.15) is 52.9 Å². The van der Waals surface area contributed by atoms with Gasteiger partial charge >= 0.3 is 0 Å². The lowest BCUT2D eigenvalue weighted by Gasteiger charge is -2.37. The average molecular weight is 416 g/mol. The zero-order valence-electron chi connectivity index (χ0n) is 17.8. The zero-order valence-corrected chi connectivity index (χ0v) is 18.6. The molecule has 0 spiro atoms. The van der Waals surface area contributed by atoms with Gasteiger partial charge in [0.1, 0.15) is 5.75 Å². The van der Waals surface area contributed by atoms with Crippen LogP contribution in [0.15, 0.2) is 18.2 Å². The van der Waals surface area contributed by atoms with Crippen LogP contribution in [0.3, 0.4) is 0 Å². The van der Waals surface area contributed by atoms with E-state index in [2.05, 4.69) is 30.1 Å². The first-order valence-corrected chi connectivity index (χ1v) is 12.0. The number of nitrogens with one attached hydrogen (secondary N) is 1. The first-order valence-electron chi connectivity index (χ1n) is 11.1. The number of carbonyl (C=O) groups is 1. The third-order valence-corrected chi connectivity index (χ3v) is 7.91. The van der Waals surface area contributed by atoms with Gasteiger partial charge in [0.15, 0.2) is 5.13 Å². The smallest absolute Gasteiger partial charge is 0.223 e. The number of anilines is 1. The number of rotatable bonds is 5. The number of benzene rings is 1. The van der Waals surface area contributed by atoms with Crippen molar-refractivity contribution in [3.8, 4) is 5.75 Å². The molecule has 4 rings (SSSR count). The quantitative estimate of drug-likeness (QED) is 0.758. The number of amides is 1. The number of ether oxygens (including phenoxy) is 1. The number of piperidine rings is 1. The summed E-state index contributed by atoms with van der Waals surface area (Å²) in [4.78, 5) is 20.0. The highest BCUT2D eigenvalue weighted by Crippen LogP contribution is 2.34. The summed E-state index contributed by atoms with van der Waals surface area (Å²) in [5.74, 6) is 2.59. The summed E-state index contributed by atoms with van der Waals surface area (Å²) < 4.78 is 6.76. The predicted octanol–water partition coefficient (Wildman–Crippen LogP) is 4.85. The fourth-order valence-electron chi connectivity index (χ4n) is 4.70. The molecule has 1 aromatic carbocycles. The third kappa shape index (κ3) is 4.52. The molecule has 2 fully saturated rings. The van der Waals surface area contributed by atoms with Gasteiger partial charge in [0.2, 0.25) is 5.91 Å². The number of carbonyl (C=O) groups excluding carboxylic acids is 1. The summed E-state index contributed by atoms with van der Waals surface area (Å²) in [7, 11) is 0. The summed E-state index contributed by atoms with van der Waals surface area (Å²) in [6.45, 7) is 9.07. The molecule has 1 aliphatic heterocycles. The van der Waals surface area contributed by atoms with Crippen molar-refractivity contribution in [3.63, 3.8) is 0 Å². The molecule has 2 aliphatic rings. The zero-order chi connectivity index (χ0) is 20.4. The molecule has 3 atom stereocenters. The molecule has 2 heterocycles. The van der Waals surface area contributed by atoms with Gasteiger partial charge in [-0.15, -0.1) is 0 Å². The molecular formula is C23H33N3O2S. The summed E-state index contributed by atoms with van der Waals surface area (Å²) in [5, 5.41) is 4.44. The standard InChI is InChI=1S/C23H33N3O2S/c1-4-28-18-8-9-20-21(14-18)29-23(25-20)26-12-10-17(11-13-26)22(27)24-19-7-5-6-15(2)16(19)3/h8-9,14-17,19H,4-7,10-13H2,1-3H3,(H,24,27)/t15-,16-,19+/m0/s1. The van der Waals surface area contributed by atoms with Crippen LogP contribution in [0.2, 0.25) is 0 Å². The second kappa shape index (κ2) is 8.90. The van der Waals surface area contributed by atoms with E-state index >= 15 is 0 Å². The average Bonchev–Trinajstić information content (AvgIpc) is 3.15. The van der Waals surface area contributed by atoms with E-state index in [-0.39, 0.29) is 11.8 Å². The summed E-state index contributed by atoms with van der Waals surface area (Å²) in [5.41, 5.74) is 1.02. The predicted molar refractivity (Wildman–Crippen MR) is 120 cm³/mol. The highest BCUT2D eigenvalue weighted by molar-refractivity contribution is 7.22. The van der Waals surface area contributed by atoms with E-state index in [1.807, 2.05) is 19.1 Å². The Kier molecular flexibility index (Phi) is 6.28. The fraction of sp³-hybridized carbons (Fsp3) is 0.652. The lowest BCUT2D eigenvalue weighted by molar-refractivity contribution is -0.127. The maximum atomic E-state index is 12.8. The second-order valence-corrected chi connectivity index (χ2v) is 9.71. The molecule has 1 saturated heterocycles. The summed E-state index contributed by atoms with van der Waals surface area (Å²) in [6.07, 6.45) is 5.47. The highest BCUT2D eigenvalue weighted by Gasteiger charge is 2.32. The number of nitrogens with zero attached hydrogens (tertiary/aromatic N) is 2. The molecule has 158 valence electrons. The van der Waals surface area contributed by atoms with Crippen molar-refractivity contribution in [2.45, 2.75) is 58.9 Å². The van der Waals surface area contributed by atoms with Crippen LogP contribution in [-0.4, -0.2) is 36.6 Å². The van der Waals surface area contributed by atoms with E-state index in [0.717, 1.165) is 53.4 Å². The molecule has 1 aliphatic carbocycles. The van der Waals surface area contributed by atoms with Crippen LogP contribution in [0.5, 0.6) is 5.75 Å². The van der Waals surface area contributed by atoms with Gasteiger partial charge in [-0.3, -0.25) is 4.79 Å². The molecule has 6 heteroatoms. The van der Waals surface area contributed by atoms with Crippen molar-refractivity contribution < 1.29 is 9.53 Å². The molecule has 1 aromatic heterocycles. The second-order valence-electron chi connectivity index (χ2n) is 8.70. The van der Waals surface area contributed by atoms with E-state index in [0.29, 0.717) is 24.5 Å². The van der Waals surface area contributed by atoms with Crippen LogP contribution < -0.4 is 15.0 Å². The molecule has 0 bridgehead atoms. The SMILES string of the molecule is CCOc1ccc2nc(N3CCC(C(=O)N[C@@H]4CCC[C@H](C)[C@@H]4C)CC3)sc2c1. The molecule has 1 amide bonds. The largest absolute Gasteiger partial charge is 0.494 e. The van der Waals surface area contributed by atoms with E-state index < -0.39 is 0 Å². The first-order chi connectivity index (χ1) is 14.0. The van der Waals surface area contributed by atoms with Crippen LogP contribution in [0.4, 0.5) is 5.13 Å². The minimum atomic E-state index is 0.134. The normalized spacial score (nSPS) is 25.9. The van der Waals surface area contributed by atoms with Crippen molar-refractivity contribution in [3.05, 3.63) is 18.2 Å². The number of hydrogen-bond donors (Lipinski definition) is 1. The Morgan fingerprint density at radius 3 is 2.79 bits per heavy atom. The van der Waals surface area contributed by atoms with Crippen molar-refractivity contribution in [2.75, 3.05) is 24.6 Å². The van der Waals surface area contributed by atoms with Crippen LogP contribution in [0, 0.1) is 17.8 Å². The Balaban J connectivity index is 1.34. The molecular weight excluding hydrogens is 382 g/mol. The van der Waals surface area contributed by atoms with Crippen LogP contribution in [0.25, 0.3) is 10.2 Å². The maximum Gasteiger partial charge on any atom is 0.223 e. The fourth-order valence-corrected chi connectivity index (χ4v) is 5.75. The Morgan fingerprint density at radius 1 is 1.24 bits per heavy atom. The van der Waals surface area contributed by atoms with E-state index in [1.54, 1.807) is 11.3 Å². The lowest BCUT2D eigenvalue weighted by Crippen LogP contribution is -2.48. The van der Waals surface area contributed by atoms with Gasteiger partial charge < -0.3 is 15.0 Å². The number of thiazole rings is 1. The Labute approximate surface area is 177 Å². The molecule has 29 heavy (non-hydrogen) atoms. The molecule has 1 N–H and O–H groups in total. The van der Waals surface area contributed by atoms with Gasteiger partial charge in [-0.05, 0) is 56.2 Å². The molecule has 1 saturated carbocycles. The van der Waals surface area contributed by atoms with Crippen molar-refractivity contribution in [1.29, 1.82) is 0 Å². The Bertz CT molecular complexity index is 844. The Morgan fingerprint density at radius 2 is 2.03 bits per heavy atom. The van der Waals surface area contributed by atoms with Crippen LogP contribution >= 0.6 is 11.3 Å². The van der Waals surface area contributed by atoms with Gasteiger partial charge in [0, 0.05) is 25.0 Å². The maximum absolute atomic E-state index is 12.8. The molecule has 0 radical (unpaired) electrons. The van der Waals surface area contributed by atoms with Crippen molar-refractivity contribution >= 4 is 32.6 Å².